The third-order valence-corrected chi connectivity index (χ3v) is 4.21. The van der Waals surface area contributed by atoms with Crippen molar-refractivity contribution in [2.24, 2.45) is 11.7 Å². The Morgan fingerprint density at radius 3 is 2.61 bits per heavy atom. The van der Waals surface area contributed by atoms with Crippen LogP contribution in [-0.2, 0) is 0 Å². The summed E-state index contributed by atoms with van der Waals surface area (Å²) in [5, 5.41) is 12.7. The van der Waals surface area contributed by atoms with Gasteiger partial charge in [0.05, 0.1) is 0 Å². The van der Waals surface area contributed by atoms with Crippen molar-refractivity contribution in [2.45, 2.75) is 50.6 Å². The van der Waals surface area contributed by atoms with E-state index < -0.39 is 0 Å². The molecule has 2 rings (SSSR count). The summed E-state index contributed by atoms with van der Waals surface area (Å²) in [7, 11) is 0. The van der Waals surface area contributed by atoms with Gasteiger partial charge in [-0.1, -0.05) is 12.8 Å². The van der Waals surface area contributed by atoms with E-state index in [4.69, 9.17) is 10.8 Å². The lowest BCUT2D eigenvalue weighted by Gasteiger charge is -2.38. The van der Waals surface area contributed by atoms with E-state index in [9.17, 15) is 4.79 Å². The summed E-state index contributed by atoms with van der Waals surface area (Å²) in [6.45, 7) is 1.60. The Morgan fingerprint density at radius 1 is 1.28 bits per heavy atom. The van der Waals surface area contributed by atoms with Gasteiger partial charge in [-0.25, -0.2) is 4.79 Å². The van der Waals surface area contributed by atoms with Gasteiger partial charge in [0.1, 0.15) is 0 Å². The van der Waals surface area contributed by atoms with Crippen molar-refractivity contribution < 1.29 is 9.90 Å². The fourth-order valence-corrected chi connectivity index (χ4v) is 3.32. The standard InChI is InChI=1S/C13H25N3O2/c14-13(18)16-8-10(5-6-17)7-12(9-16)15-11-3-1-2-4-11/h10-12,15,17H,1-9H2,(H2,14,18). The van der Waals surface area contributed by atoms with Crippen molar-refractivity contribution in [1.82, 2.24) is 10.2 Å². The number of urea groups is 1. The van der Waals surface area contributed by atoms with Crippen LogP contribution in [0.2, 0.25) is 0 Å². The number of primary amides is 1. The van der Waals surface area contributed by atoms with Gasteiger partial charge in [-0.05, 0) is 31.6 Å². The molecule has 4 N–H and O–H groups in total. The maximum Gasteiger partial charge on any atom is 0.314 e. The molecule has 0 aromatic rings. The molecule has 0 aromatic heterocycles. The van der Waals surface area contributed by atoms with Gasteiger partial charge in [0, 0.05) is 31.8 Å². The third kappa shape index (κ3) is 3.59. The molecule has 1 saturated heterocycles. The molecule has 18 heavy (non-hydrogen) atoms. The van der Waals surface area contributed by atoms with Gasteiger partial charge in [0.25, 0.3) is 0 Å². The van der Waals surface area contributed by atoms with Gasteiger partial charge >= 0.3 is 6.03 Å². The molecule has 1 aliphatic carbocycles. The van der Waals surface area contributed by atoms with E-state index in [2.05, 4.69) is 5.32 Å². The van der Waals surface area contributed by atoms with Crippen LogP contribution in [0.1, 0.15) is 38.5 Å². The fraction of sp³-hybridized carbons (Fsp3) is 0.923. The molecule has 0 radical (unpaired) electrons. The Bertz CT molecular complexity index is 279. The Hall–Kier alpha value is -0.810. The van der Waals surface area contributed by atoms with E-state index >= 15 is 0 Å². The molecule has 2 fully saturated rings. The lowest BCUT2D eigenvalue weighted by Crippen LogP contribution is -2.54. The fourth-order valence-electron chi connectivity index (χ4n) is 3.32. The second-order valence-corrected chi connectivity index (χ2v) is 5.70. The number of aliphatic hydroxyl groups is 1. The minimum atomic E-state index is -0.337. The van der Waals surface area contributed by atoms with Crippen molar-refractivity contribution in [3.8, 4) is 0 Å². The highest BCUT2D eigenvalue weighted by atomic mass is 16.3. The van der Waals surface area contributed by atoms with Crippen LogP contribution >= 0.6 is 0 Å². The van der Waals surface area contributed by atoms with Crippen molar-refractivity contribution in [3.05, 3.63) is 0 Å². The normalized spacial score (nSPS) is 29.7. The second kappa shape index (κ2) is 6.38. The first-order chi connectivity index (χ1) is 8.69. The molecule has 1 heterocycles. The first kappa shape index (κ1) is 13.6. The summed E-state index contributed by atoms with van der Waals surface area (Å²) in [6.07, 6.45) is 6.91. The van der Waals surface area contributed by atoms with Crippen LogP contribution in [0.4, 0.5) is 4.79 Å². The molecule has 0 spiro atoms. The highest BCUT2D eigenvalue weighted by Crippen LogP contribution is 2.23. The molecule has 2 atom stereocenters. The number of nitrogens with one attached hydrogen (secondary N) is 1. The van der Waals surface area contributed by atoms with Gasteiger partial charge in [-0.2, -0.15) is 0 Å². The number of hydrogen-bond acceptors (Lipinski definition) is 3. The van der Waals surface area contributed by atoms with Crippen LogP contribution in [0.3, 0.4) is 0 Å². The highest BCUT2D eigenvalue weighted by Gasteiger charge is 2.30. The predicted molar refractivity (Wildman–Crippen MR) is 70.1 cm³/mol. The smallest absolute Gasteiger partial charge is 0.314 e. The Morgan fingerprint density at radius 2 is 2.00 bits per heavy atom. The number of piperidine rings is 1. The number of likely N-dealkylation sites (tertiary alicyclic amines) is 1. The van der Waals surface area contributed by atoms with Crippen LogP contribution < -0.4 is 11.1 Å². The maximum absolute atomic E-state index is 11.3. The molecule has 5 heteroatoms. The average molecular weight is 255 g/mol. The van der Waals surface area contributed by atoms with Crippen LogP contribution in [0.5, 0.6) is 0 Å². The van der Waals surface area contributed by atoms with E-state index in [1.807, 2.05) is 0 Å². The molecule has 1 saturated carbocycles. The quantitative estimate of drug-likeness (QED) is 0.691. The minimum Gasteiger partial charge on any atom is -0.396 e. The molecule has 1 aliphatic heterocycles. The minimum absolute atomic E-state index is 0.188. The van der Waals surface area contributed by atoms with E-state index in [0.717, 1.165) is 12.8 Å². The number of nitrogens with two attached hydrogens (primary N) is 1. The molecule has 0 bridgehead atoms. The summed E-state index contributed by atoms with van der Waals surface area (Å²) in [5.74, 6) is 0.371. The van der Waals surface area contributed by atoms with Gasteiger partial charge in [0.15, 0.2) is 0 Å². The number of carbonyl (C=O) groups is 1. The molecular weight excluding hydrogens is 230 g/mol. The Kier molecular flexibility index (Phi) is 4.83. The molecule has 2 aliphatic rings. The second-order valence-electron chi connectivity index (χ2n) is 5.70. The number of carbonyl (C=O) groups excluding carboxylic acids is 1. The molecule has 2 amide bonds. The van der Waals surface area contributed by atoms with Gasteiger partial charge in [-0.3, -0.25) is 0 Å². The van der Waals surface area contributed by atoms with Crippen LogP contribution in [-0.4, -0.2) is 47.8 Å². The maximum atomic E-state index is 11.3. The van der Waals surface area contributed by atoms with Crippen molar-refractivity contribution in [2.75, 3.05) is 19.7 Å². The van der Waals surface area contributed by atoms with Gasteiger partial charge in [0.2, 0.25) is 0 Å². The largest absolute Gasteiger partial charge is 0.396 e. The summed E-state index contributed by atoms with van der Waals surface area (Å²) < 4.78 is 0. The van der Waals surface area contributed by atoms with E-state index in [1.54, 1.807) is 4.90 Å². The van der Waals surface area contributed by atoms with Crippen LogP contribution in [0.15, 0.2) is 0 Å². The Labute approximate surface area is 109 Å². The first-order valence-corrected chi connectivity index (χ1v) is 7.10. The summed E-state index contributed by atoms with van der Waals surface area (Å²) in [6, 6.07) is 0.611. The molecule has 104 valence electrons. The van der Waals surface area contributed by atoms with E-state index in [-0.39, 0.29) is 12.6 Å². The molecular formula is C13H25N3O2. The predicted octanol–water partition coefficient (Wildman–Crippen LogP) is 0.670. The topological polar surface area (TPSA) is 78.6 Å². The lowest BCUT2D eigenvalue weighted by molar-refractivity contribution is 0.132. The highest BCUT2D eigenvalue weighted by molar-refractivity contribution is 5.72. The van der Waals surface area contributed by atoms with Gasteiger partial charge < -0.3 is 21.1 Å². The zero-order valence-corrected chi connectivity index (χ0v) is 11.0. The SMILES string of the molecule is NC(=O)N1CC(CCO)CC(NC2CCCC2)C1. The number of rotatable bonds is 4. The zero-order chi connectivity index (χ0) is 13.0. The molecule has 0 aromatic carbocycles. The van der Waals surface area contributed by atoms with E-state index in [0.29, 0.717) is 31.1 Å². The van der Waals surface area contributed by atoms with Crippen LogP contribution in [0.25, 0.3) is 0 Å². The van der Waals surface area contributed by atoms with Crippen molar-refractivity contribution in [3.63, 3.8) is 0 Å². The van der Waals surface area contributed by atoms with Gasteiger partial charge in [-0.15, -0.1) is 0 Å². The number of amides is 2. The summed E-state index contributed by atoms with van der Waals surface area (Å²) in [5.41, 5.74) is 5.39. The number of hydrogen-bond donors (Lipinski definition) is 3. The number of aliphatic hydroxyl groups excluding tert-OH is 1. The third-order valence-electron chi connectivity index (χ3n) is 4.21. The Balaban J connectivity index is 1.89. The molecule has 5 nitrogen and oxygen atoms in total. The van der Waals surface area contributed by atoms with Crippen molar-refractivity contribution >= 4 is 6.03 Å². The number of nitrogens with zero attached hydrogens (tertiary/aromatic N) is 1. The average Bonchev–Trinajstić information content (AvgIpc) is 2.82. The van der Waals surface area contributed by atoms with Crippen molar-refractivity contribution in [1.29, 1.82) is 0 Å². The van der Waals surface area contributed by atoms with E-state index in [1.165, 1.54) is 25.7 Å². The monoisotopic (exact) mass is 255 g/mol. The summed E-state index contributed by atoms with van der Waals surface area (Å²) in [4.78, 5) is 13.1. The zero-order valence-electron chi connectivity index (χ0n) is 11.0. The summed E-state index contributed by atoms with van der Waals surface area (Å²) >= 11 is 0. The first-order valence-electron chi connectivity index (χ1n) is 7.10. The lowest BCUT2D eigenvalue weighted by atomic mass is 9.91. The molecule has 2 unspecified atom stereocenters. The van der Waals surface area contributed by atoms with Crippen LogP contribution in [0, 0.1) is 5.92 Å².